The van der Waals surface area contributed by atoms with E-state index in [9.17, 15) is 14.4 Å². The molecule has 0 amide bonds. The maximum atomic E-state index is 11.1. The lowest BCUT2D eigenvalue weighted by molar-refractivity contribution is 0.0692. The highest BCUT2D eigenvalue weighted by atomic mass is 16.4. The number of hydrogen-bond acceptors (Lipinski definition) is 4. The molecule has 0 aliphatic carbocycles. The number of aromatic carboxylic acids is 1. The number of aromatic nitrogens is 2. The number of rotatable bonds is 2. The number of H-pyrrole nitrogens is 1. The van der Waals surface area contributed by atoms with Crippen LogP contribution in [-0.2, 0) is 6.73 Å². The lowest BCUT2D eigenvalue weighted by Gasteiger charge is -1.99. The number of aromatic amines is 1. The summed E-state index contributed by atoms with van der Waals surface area (Å²) >= 11 is 0. The zero-order chi connectivity index (χ0) is 10.0. The lowest BCUT2D eigenvalue weighted by Crippen LogP contribution is -2.37. The molecule has 0 saturated carbocycles. The Bertz CT molecular complexity index is 443. The Morgan fingerprint density at radius 2 is 2.15 bits per heavy atom. The van der Waals surface area contributed by atoms with Crippen LogP contribution in [0.3, 0.4) is 0 Å². The Balaban J connectivity index is 3.55. The second kappa shape index (κ2) is 3.23. The Morgan fingerprint density at radius 1 is 1.54 bits per heavy atom. The molecular weight excluding hydrogens is 180 g/mol. The number of aliphatic hydroxyl groups excluding tert-OH is 1. The molecule has 0 fully saturated rings. The normalized spacial score (nSPS) is 9.92. The van der Waals surface area contributed by atoms with E-state index >= 15 is 0 Å². The van der Waals surface area contributed by atoms with Crippen molar-refractivity contribution in [2.75, 3.05) is 0 Å². The van der Waals surface area contributed by atoms with Crippen molar-refractivity contribution in [3.05, 3.63) is 32.6 Å². The maximum absolute atomic E-state index is 11.1. The number of carbonyl (C=O) groups is 1. The van der Waals surface area contributed by atoms with E-state index < -0.39 is 29.5 Å². The predicted octanol–water partition coefficient (Wildman–Crippen LogP) is -1.82. The van der Waals surface area contributed by atoms with E-state index in [1.165, 1.54) is 0 Å². The molecule has 0 aromatic carbocycles. The molecule has 0 saturated heterocycles. The average Bonchev–Trinajstić information content (AvgIpc) is 2.04. The summed E-state index contributed by atoms with van der Waals surface area (Å²) in [6.45, 7) is -0.852. The summed E-state index contributed by atoms with van der Waals surface area (Å²) < 4.78 is 0.378. The summed E-state index contributed by atoms with van der Waals surface area (Å²) in [5.74, 6) is -1.46. The fraction of sp³-hybridized carbons (Fsp3) is 0.167. The van der Waals surface area contributed by atoms with Crippen molar-refractivity contribution in [3.63, 3.8) is 0 Å². The largest absolute Gasteiger partial charge is 0.477 e. The second-order valence-corrected chi connectivity index (χ2v) is 2.19. The van der Waals surface area contributed by atoms with E-state index in [1.807, 2.05) is 4.98 Å². The van der Waals surface area contributed by atoms with Crippen molar-refractivity contribution in [2.45, 2.75) is 6.73 Å². The zero-order valence-electron chi connectivity index (χ0n) is 6.35. The molecule has 0 aliphatic rings. The fourth-order valence-electron chi connectivity index (χ4n) is 0.793. The van der Waals surface area contributed by atoms with Crippen molar-refractivity contribution in [1.29, 1.82) is 0 Å². The van der Waals surface area contributed by atoms with Gasteiger partial charge in [0.05, 0.1) is 0 Å². The first-order chi connectivity index (χ1) is 6.07. The average molecular weight is 186 g/mol. The molecule has 1 rings (SSSR count). The quantitative estimate of drug-likeness (QED) is 0.503. The Labute approximate surface area is 70.9 Å². The van der Waals surface area contributed by atoms with Crippen molar-refractivity contribution < 1.29 is 15.0 Å². The lowest BCUT2D eigenvalue weighted by atomic mass is 10.3. The molecule has 0 atom stereocenters. The van der Waals surface area contributed by atoms with E-state index in [4.69, 9.17) is 10.2 Å². The van der Waals surface area contributed by atoms with Gasteiger partial charge in [-0.15, -0.1) is 0 Å². The second-order valence-electron chi connectivity index (χ2n) is 2.19. The van der Waals surface area contributed by atoms with Crippen LogP contribution in [0.5, 0.6) is 0 Å². The van der Waals surface area contributed by atoms with Gasteiger partial charge in [0.1, 0.15) is 12.3 Å². The first-order valence-electron chi connectivity index (χ1n) is 3.24. The van der Waals surface area contributed by atoms with Crippen LogP contribution in [0, 0.1) is 0 Å². The molecule has 0 aliphatic heterocycles. The van der Waals surface area contributed by atoms with Crippen LogP contribution in [-0.4, -0.2) is 25.7 Å². The SMILES string of the molecule is O=C(O)c1c[nH]c(=O)n(CO)c1=O. The third-order valence-electron chi connectivity index (χ3n) is 1.43. The third-order valence-corrected chi connectivity index (χ3v) is 1.43. The molecule has 0 radical (unpaired) electrons. The van der Waals surface area contributed by atoms with E-state index in [0.29, 0.717) is 4.57 Å². The van der Waals surface area contributed by atoms with Gasteiger partial charge in [-0.1, -0.05) is 0 Å². The van der Waals surface area contributed by atoms with Gasteiger partial charge in [-0.3, -0.25) is 4.79 Å². The van der Waals surface area contributed by atoms with Gasteiger partial charge >= 0.3 is 11.7 Å². The summed E-state index contributed by atoms with van der Waals surface area (Å²) in [4.78, 5) is 34.3. The summed E-state index contributed by atoms with van der Waals surface area (Å²) in [6.07, 6.45) is 0.791. The molecule has 7 heteroatoms. The molecule has 3 N–H and O–H groups in total. The van der Waals surface area contributed by atoms with Crippen LogP contribution >= 0.6 is 0 Å². The number of hydrogen-bond donors (Lipinski definition) is 3. The van der Waals surface area contributed by atoms with Crippen molar-refractivity contribution in [2.24, 2.45) is 0 Å². The minimum absolute atomic E-state index is 0.378. The molecule has 0 spiro atoms. The van der Waals surface area contributed by atoms with Crippen LogP contribution in [0.25, 0.3) is 0 Å². The van der Waals surface area contributed by atoms with Crippen LogP contribution in [0.2, 0.25) is 0 Å². The summed E-state index contributed by atoms with van der Waals surface area (Å²) in [7, 11) is 0. The Morgan fingerprint density at radius 3 is 2.62 bits per heavy atom. The van der Waals surface area contributed by atoms with Crippen LogP contribution in [0.15, 0.2) is 15.8 Å². The minimum atomic E-state index is -1.46. The molecule has 7 nitrogen and oxygen atoms in total. The monoisotopic (exact) mass is 186 g/mol. The molecule has 0 unspecified atom stereocenters. The fourth-order valence-corrected chi connectivity index (χ4v) is 0.793. The van der Waals surface area contributed by atoms with E-state index in [2.05, 4.69) is 0 Å². The molecule has 13 heavy (non-hydrogen) atoms. The van der Waals surface area contributed by atoms with Crippen molar-refractivity contribution in [1.82, 2.24) is 9.55 Å². The number of carboxylic acid groups (broad SMARTS) is 1. The Hall–Kier alpha value is -1.89. The summed E-state index contributed by atoms with van der Waals surface area (Å²) in [6, 6.07) is 0. The number of nitrogens with zero attached hydrogens (tertiary/aromatic N) is 1. The van der Waals surface area contributed by atoms with Gasteiger partial charge in [0, 0.05) is 6.20 Å². The van der Waals surface area contributed by atoms with Crippen LogP contribution < -0.4 is 11.2 Å². The highest BCUT2D eigenvalue weighted by molar-refractivity contribution is 5.86. The van der Waals surface area contributed by atoms with Crippen molar-refractivity contribution >= 4 is 5.97 Å². The molecule has 1 heterocycles. The first kappa shape index (κ1) is 9.20. The number of nitrogens with one attached hydrogen (secondary N) is 1. The number of aliphatic hydroxyl groups is 1. The van der Waals surface area contributed by atoms with Gasteiger partial charge in [0.2, 0.25) is 0 Å². The third kappa shape index (κ3) is 1.49. The van der Waals surface area contributed by atoms with Crippen LogP contribution in [0.4, 0.5) is 0 Å². The topological polar surface area (TPSA) is 112 Å². The molecule has 1 aromatic heterocycles. The summed E-state index contributed by atoms with van der Waals surface area (Å²) in [5, 5.41) is 17.0. The Kier molecular flexibility index (Phi) is 2.29. The van der Waals surface area contributed by atoms with Gasteiger partial charge < -0.3 is 15.2 Å². The molecular formula is C6H6N2O5. The van der Waals surface area contributed by atoms with Gasteiger partial charge in [0.15, 0.2) is 0 Å². The maximum Gasteiger partial charge on any atom is 0.342 e. The van der Waals surface area contributed by atoms with Gasteiger partial charge in [0.25, 0.3) is 5.56 Å². The predicted molar refractivity (Wildman–Crippen MR) is 40.5 cm³/mol. The molecule has 70 valence electrons. The van der Waals surface area contributed by atoms with E-state index in [-0.39, 0.29) is 0 Å². The number of carboxylic acids is 1. The van der Waals surface area contributed by atoms with Gasteiger partial charge in [-0.05, 0) is 0 Å². The van der Waals surface area contributed by atoms with Gasteiger partial charge in [-0.25, -0.2) is 14.2 Å². The highest BCUT2D eigenvalue weighted by Crippen LogP contribution is 1.84. The van der Waals surface area contributed by atoms with Crippen LogP contribution in [0.1, 0.15) is 10.4 Å². The van der Waals surface area contributed by atoms with E-state index in [0.717, 1.165) is 6.20 Å². The molecule has 1 aromatic rings. The molecule has 0 bridgehead atoms. The standard InChI is InChI=1S/C6H6N2O5/c9-2-8-4(10)3(5(11)12)1-7-6(8)13/h1,9H,2H2,(H,7,13)(H,11,12). The van der Waals surface area contributed by atoms with E-state index in [1.54, 1.807) is 0 Å². The smallest absolute Gasteiger partial charge is 0.342 e. The minimum Gasteiger partial charge on any atom is -0.477 e. The van der Waals surface area contributed by atoms with Crippen molar-refractivity contribution in [3.8, 4) is 0 Å². The highest BCUT2D eigenvalue weighted by Gasteiger charge is 2.11. The van der Waals surface area contributed by atoms with Gasteiger partial charge in [-0.2, -0.15) is 0 Å². The summed E-state index contributed by atoms with van der Waals surface area (Å²) in [5.41, 5.74) is -2.47. The zero-order valence-corrected chi connectivity index (χ0v) is 6.35. The first-order valence-corrected chi connectivity index (χ1v) is 3.24.